The summed E-state index contributed by atoms with van der Waals surface area (Å²) in [6.45, 7) is 6.93. The molecule has 0 aliphatic carbocycles. The number of aromatic amines is 1. The third-order valence-corrected chi connectivity index (χ3v) is 4.20. The van der Waals surface area contributed by atoms with E-state index in [1.807, 2.05) is 67.9 Å². The SMILES string of the molecule is CC(C)(C)OC(=O)N1CCc2c(c(=O)[nH]n2C/C=C/c2ccccc2)C1. The van der Waals surface area contributed by atoms with Gasteiger partial charge in [0.2, 0.25) is 0 Å². The van der Waals surface area contributed by atoms with Crippen LogP contribution >= 0.6 is 0 Å². The Balaban J connectivity index is 1.70. The lowest BCUT2D eigenvalue weighted by atomic mass is 10.1. The number of fused-ring (bicyclic) bond motifs is 1. The van der Waals surface area contributed by atoms with Crippen molar-refractivity contribution in [3.63, 3.8) is 0 Å². The maximum Gasteiger partial charge on any atom is 0.410 e. The molecule has 1 N–H and O–H groups in total. The van der Waals surface area contributed by atoms with E-state index in [9.17, 15) is 9.59 Å². The minimum Gasteiger partial charge on any atom is -0.444 e. The molecule has 1 aliphatic heterocycles. The molecule has 2 aromatic rings. The highest BCUT2D eigenvalue weighted by atomic mass is 16.6. The number of amides is 1. The fourth-order valence-electron chi connectivity index (χ4n) is 3.01. The molecule has 0 spiro atoms. The number of aromatic nitrogens is 2. The van der Waals surface area contributed by atoms with E-state index < -0.39 is 5.60 Å². The van der Waals surface area contributed by atoms with E-state index in [2.05, 4.69) is 5.10 Å². The fraction of sp³-hybridized carbons (Fsp3) is 0.400. The van der Waals surface area contributed by atoms with Crippen LogP contribution in [0.25, 0.3) is 6.08 Å². The first-order valence-corrected chi connectivity index (χ1v) is 8.83. The molecule has 1 aliphatic rings. The summed E-state index contributed by atoms with van der Waals surface area (Å²) in [6.07, 6.45) is 4.30. The predicted octanol–water partition coefficient (Wildman–Crippen LogP) is 3.18. The van der Waals surface area contributed by atoms with Crippen molar-refractivity contribution in [3.8, 4) is 0 Å². The summed E-state index contributed by atoms with van der Waals surface area (Å²) in [4.78, 5) is 26.1. The Morgan fingerprint density at radius 3 is 2.69 bits per heavy atom. The largest absolute Gasteiger partial charge is 0.444 e. The third kappa shape index (κ3) is 4.25. The fourth-order valence-corrected chi connectivity index (χ4v) is 3.01. The van der Waals surface area contributed by atoms with Gasteiger partial charge in [-0.05, 0) is 26.3 Å². The van der Waals surface area contributed by atoms with Gasteiger partial charge in [-0.15, -0.1) is 0 Å². The van der Waals surface area contributed by atoms with Crippen molar-refractivity contribution in [1.82, 2.24) is 14.7 Å². The topological polar surface area (TPSA) is 67.3 Å². The van der Waals surface area contributed by atoms with Crippen LogP contribution in [0.5, 0.6) is 0 Å². The van der Waals surface area contributed by atoms with E-state index >= 15 is 0 Å². The summed E-state index contributed by atoms with van der Waals surface area (Å²) in [5.41, 5.74) is 2.05. The first kappa shape index (κ1) is 18.0. The van der Waals surface area contributed by atoms with Gasteiger partial charge in [-0.2, -0.15) is 0 Å². The highest BCUT2D eigenvalue weighted by Crippen LogP contribution is 2.19. The smallest absolute Gasteiger partial charge is 0.410 e. The van der Waals surface area contributed by atoms with Crippen molar-refractivity contribution >= 4 is 12.2 Å². The molecule has 1 amide bonds. The Kier molecular flexibility index (Phi) is 5.02. The molecule has 0 fully saturated rings. The standard InChI is InChI=1S/C20H25N3O3/c1-20(2,3)26-19(25)22-13-11-17-16(14-22)18(24)21-23(17)12-7-10-15-8-5-4-6-9-15/h4-10H,11-14H2,1-3H3,(H,21,24)/b10-7+. The molecule has 0 unspecified atom stereocenters. The second-order valence-electron chi connectivity index (χ2n) is 7.44. The second kappa shape index (κ2) is 7.23. The first-order chi connectivity index (χ1) is 12.3. The van der Waals surface area contributed by atoms with Crippen LogP contribution in [0.1, 0.15) is 37.6 Å². The third-order valence-electron chi connectivity index (χ3n) is 4.20. The average molecular weight is 355 g/mol. The summed E-state index contributed by atoms with van der Waals surface area (Å²) in [6, 6.07) is 10.0. The summed E-state index contributed by atoms with van der Waals surface area (Å²) in [7, 11) is 0. The number of benzene rings is 1. The lowest BCUT2D eigenvalue weighted by molar-refractivity contribution is 0.0222. The predicted molar refractivity (Wildman–Crippen MR) is 101 cm³/mol. The summed E-state index contributed by atoms with van der Waals surface area (Å²) in [5, 5.41) is 2.88. The van der Waals surface area contributed by atoms with E-state index in [0.29, 0.717) is 25.1 Å². The average Bonchev–Trinajstić information content (AvgIpc) is 2.90. The van der Waals surface area contributed by atoms with Gasteiger partial charge < -0.3 is 9.64 Å². The number of carbonyl (C=O) groups excluding carboxylic acids is 1. The van der Waals surface area contributed by atoms with Crippen LogP contribution in [0.4, 0.5) is 4.79 Å². The van der Waals surface area contributed by atoms with Crippen LogP contribution in [0.3, 0.4) is 0 Å². The zero-order valence-corrected chi connectivity index (χ0v) is 15.5. The number of nitrogens with one attached hydrogen (secondary N) is 1. The number of hydrogen-bond acceptors (Lipinski definition) is 3. The number of hydrogen-bond donors (Lipinski definition) is 1. The Hall–Kier alpha value is -2.76. The number of allylic oxidation sites excluding steroid dienone is 1. The minimum atomic E-state index is -0.544. The summed E-state index contributed by atoms with van der Waals surface area (Å²) in [5.74, 6) is 0. The van der Waals surface area contributed by atoms with Gasteiger partial charge in [0, 0.05) is 18.7 Å². The van der Waals surface area contributed by atoms with Crippen molar-refractivity contribution in [1.29, 1.82) is 0 Å². The molecule has 0 saturated heterocycles. The van der Waals surface area contributed by atoms with Crippen LogP contribution in [0.2, 0.25) is 0 Å². The molecule has 0 radical (unpaired) electrons. The Morgan fingerprint density at radius 2 is 2.00 bits per heavy atom. The maximum atomic E-state index is 12.3. The van der Waals surface area contributed by atoms with Crippen LogP contribution in [0.15, 0.2) is 41.2 Å². The number of nitrogens with zero attached hydrogens (tertiary/aromatic N) is 2. The number of carbonyl (C=O) groups is 1. The lowest BCUT2D eigenvalue weighted by Crippen LogP contribution is -2.41. The van der Waals surface area contributed by atoms with Gasteiger partial charge >= 0.3 is 6.09 Å². The number of rotatable bonds is 3. The van der Waals surface area contributed by atoms with E-state index in [-0.39, 0.29) is 18.2 Å². The summed E-state index contributed by atoms with van der Waals surface area (Å²) >= 11 is 0. The molecule has 6 nitrogen and oxygen atoms in total. The zero-order valence-electron chi connectivity index (χ0n) is 15.5. The van der Waals surface area contributed by atoms with Crippen LogP contribution < -0.4 is 5.56 Å². The van der Waals surface area contributed by atoms with E-state index in [1.54, 1.807) is 4.90 Å². The molecular formula is C20H25N3O3. The van der Waals surface area contributed by atoms with Gasteiger partial charge in [-0.3, -0.25) is 14.6 Å². The van der Waals surface area contributed by atoms with Gasteiger partial charge in [-0.25, -0.2) is 4.79 Å². The summed E-state index contributed by atoms with van der Waals surface area (Å²) < 4.78 is 7.27. The molecule has 1 aromatic heterocycles. The van der Waals surface area contributed by atoms with Crippen molar-refractivity contribution in [2.75, 3.05) is 6.54 Å². The second-order valence-corrected chi connectivity index (χ2v) is 7.44. The number of H-pyrrole nitrogens is 1. The van der Waals surface area contributed by atoms with Gasteiger partial charge in [0.05, 0.1) is 18.7 Å². The molecule has 138 valence electrons. The normalized spacial score (nSPS) is 14.5. The van der Waals surface area contributed by atoms with Gasteiger partial charge in [0.1, 0.15) is 5.60 Å². The molecule has 26 heavy (non-hydrogen) atoms. The zero-order chi connectivity index (χ0) is 18.7. The first-order valence-electron chi connectivity index (χ1n) is 8.83. The highest BCUT2D eigenvalue weighted by molar-refractivity contribution is 5.68. The van der Waals surface area contributed by atoms with Crippen molar-refractivity contribution in [2.45, 2.75) is 45.9 Å². The Morgan fingerprint density at radius 1 is 1.27 bits per heavy atom. The van der Waals surface area contributed by atoms with E-state index in [0.717, 1.165) is 11.3 Å². The lowest BCUT2D eigenvalue weighted by Gasteiger charge is -2.29. The molecule has 3 rings (SSSR count). The quantitative estimate of drug-likeness (QED) is 0.919. The monoisotopic (exact) mass is 355 g/mol. The van der Waals surface area contributed by atoms with Crippen molar-refractivity contribution in [2.24, 2.45) is 0 Å². The van der Waals surface area contributed by atoms with Crippen LogP contribution in [-0.4, -0.2) is 32.9 Å². The molecule has 1 aromatic carbocycles. The van der Waals surface area contributed by atoms with Crippen molar-refractivity contribution in [3.05, 3.63) is 63.6 Å². The van der Waals surface area contributed by atoms with Crippen LogP contribution in [0, 0.1) is 0 Å². The van der Waals surface area contributed by atoms with Crippen LogP contribution in [-0.2, 0) is 24.2 Å². The minimum absolute atomic E-state index is 0.138. The van der Waals surface area contributed by atoms with Gasteiger partial charge in [0.25, 0.3) is 5.56 Å². The highest BCUT2D eigenvalue weighted by Gasteiger charge is 2.29. The molecular weight excluding hydrogens is 330 g/mol. The van der Waals surface area contributed by atoms with Crippen molar-refractivity contribution < 1.29 is 9.53 Å². The number of ether oxygens (including phenoxy) is 1. The molecule has 2 heterocycles. The van der Waals surface area contributed by atoms with Gasteiger partial charge in [-0.1, -0.05) is 42.5 Å². The molecule has 0 saturated carbocycles. The molecule has 0 atom stereocenters. The maximum absolute atomic E-state index is 12.3. The van der Waals surface area contributed by atoms with Gasteiger partial charge in [0.15, 0.2) is 0 Å². The Labute approximate surface area is 153 Å². The molecule has 0 bridgehead atoms. The Bertz CT molecular complexity index is 857. The molecule has 6 heteroatoms. The van der Waals surface area contributed by atoms with E-state index in [1.165, 1.54) is 0 Å². The van der Waals surface area contributed by atoms with E-state index in [4.69, 9.17) is 4.74 Å².